The third kappa shape index (κ3) is 5.96. The predicted octanol–water partition coefficient (Wildman–Crippen LogP) is 2.51. The van der Waals surface area contributed by atoms with E-state index in [2.05, 4.69) is 12.2 Å². The molecule has 1 aliphatic carbocycles. The van der Waals surface area contributed by atoms with Crippen molar-refractivity contribution in [2.45, 2.75) is 33.1 Å². The molecule has 0 spiro atoms. The van der Waals surface area contributed by atoms with E-state index in [-0.39, 0.29) is 18.4 Å². The Morgan fingerprint density at radius 2 is 1.92 bits per heavy atom. The molecule has 5 nitrogen and oxygen atoms in total. The van der Waals surface area contributed by atoms with Crippen molar-refractivity contribution < 1.29 is 9.59 Å². The lowest BCUT2D eigenvalue weighted by molar-refractivity contribution is -0.131. The van der Waals surface area contributed by atoms with Crippen LogP contribution in [0.5, 0.6) is 0 Å². The fourth-order valence-electron chi connectivity index (χ4n) is 2.74. The summed E-state index contributed by atoms with van der Waals surface area (Å²) in [5.41, 5.74) is 1.87. The molecule has 0 bridgehead atoms. The maximum Gasteiger partial charge on any atom is 0.238 e. The SMILES string of the molecule is CCCN(CC(=O)Nc1ccccc1C)CC(=O)N(C)CC1CC1. The topological polar surface area (TPSA) is 52.7 Å². The summed E-state index contributed by atoms with van der Waals surface area (Å²) in [6, 6.07) is 7.72. The Labute approximate surface area is 145 Å². The van der Waals surface area contributed by atoms with Gasteiger partial charge in [-0.15, -0.1) is 0 Å². The first-order chi connectivity index (χ1) is 11.5. The average Bonchev–Trinajstić information content (AvgIpc) is 3.33. The second kappa shape index (κ2) is 8.83. The lowest BCUT2D eigenvalue weighted by Crippen LogP contribution is -2.42. The molecule has 0 atom stereocenters. The lowest BCUT2D eigenvalue weighted by Gasteiger charge is -2.24. The highest BCUT2D eigenvalue weighted by Crippen LogP contribution is 2.29. The van der Waals surface area contributed by atoms with E-state index in [1.165, 1.54) is 12.8 Å². The number of rotatable bonds is 9. The first kappa shape index (κ1) is 18.5. The molecule has 1 N–H and O–H groups in total. The van der Waals surface area contributed by atoms with Crippen LogP contribution >= 0.6 is 0 Å². The van der Waals surface area contributed by atoms with Crippen LogP contribution in [0, 0.1) is 12.8 Å². The summed E-state index contributed by atoms with van der Waals surface area (Å²) in [4.78, 5) is 28.4. The normalized spacial score (nSPS) is 13.8. The molecule has 0 aromatic heterocycles. The Morgan fingerprint density at radius 1 is 1.21 bits per heavy atom. The van der Waals surface area contributed by atoms with Crippen molar-refractivity contribution in [3.8, 4) is 0 Å². The van der Waals surface area contributed by atoms with Gasteiger partial charge in [0.15, 0.2) is 0 Å². The van der Waals surface area contributed by atoms with Crippen LogP contribution in [0.25, 0.3) is 0 Å². The van der Waals surface area contributed by atoms with E-state index in [9.17, 15) is 9.59 Å². The molecule has 1 fully saturated rings. The van der Waals surface area contributed by atoms with Crippen molar-refractivity contribution >= 4 is 17.5 Å². The predicted molar refractivity (Wildman–Crippen MR) is 96.9 cm³/mol. The average molecular weight is 331 g/mol. The Balaban J connectivity index is 1.86. The second-order valence-corrected chi connectivity index (χ2v) is 6.79. The van der Waals surface area contributed by atoms with Crippen LogP contribution in [0.1, 0.15) is 31.7 Å². The molecule has 2 rings (SSSR count). The minimum absolute atomic E-state index is 0.0737. The van der Waals surface area contributed by atoms with Gasteiger partial charge in [-0.3, -0.25) is 14.5 Å². The van der Waals surface area contributed by atoms with Gasteiger partial charge in [0.1, 0.15) is 0 Å². The van der Waals surface area contributed by atoms with Crippen molar-refractivity contribution in [1.29, 1.82) is 0 Å². The van der Waals surface area contributed by atoms with Crippen LogP contribution in [-0.4, -0.2) is 54.8 Å². The van der Waals surface area contributed by atoms with E-state index in [0.717, 1.165) is 30.8 Å². The Kier molecular flexibility index (Phi) is 6.79. The molecule has 0 unspecified atom stereocenters. The van der Waals surface area contributed by atoms with Gasteiger partial charge in [0.05, 0.1) is 13.1 Å². The molecule has 1 aromatic rings. The number of likely N-dealkylation sites (N-methyl/N-ethyl adjacent to an activating group) is 1. The number of anilines is 1. The number of hydrogen-bond donors (Lipinski definition) is 1. The molecular weight excluding hydrogens is 302 g/mol. The molecule has 0 heterocycles. The van der Waals surface area contributed by atoms with Crippen molar-refractivity contribution in [3.05, 3.63) is 29.8 Å². The highest BCUT2D eigenvalue weighted by atomic mass is 16.2. The van der Waals surface area contributed by atoms with E-state index >= 15 is 0 Å². The zero-order valence-corrected chi connectivity index (χ0v) is 15.0. The minimum Gasteiger partial charge on any atom is -0.344 e. The van der Waals surface area contributed by atoms with Crippen molar-refractivity contribution in [2.75, 3.05) is 38.5 Å². The van der Waals surface area contributed by atoms with E-state index < -0.39 is 0 Å². The molecule has 5 heteroatoms. The maximum absolute atomic E-state index is 12.3. The summed E-state index contributed by atoms with van der Waals surface area (Å²) in [6.45, 7) is 6.16. The second-order valence-electron chi connectivity index (χ2n) is 6.79. The number of amides is 2. The van der Waals surface area contributed by atoms with Crippen LogP contribution in [0.3, 0.4) is 0 Å². The van der Waals surface area contributed by atoms with E-state index in [4.69, 9.17) is 0 Å². The summed E-state index contributed by atoms with van der Waals surface area (Å²) in [5.74, 6) is 0.706. The highest BCUT2D eigenvalue weighted by molar-refractivity contribution is 5.93. The van der Waals surface area contributed by atoms with E-state index in [1.807, 2.05) is 43.1 Å². The molecule has 1 aromatic carbocycles. The van der Waals surface area contributed by atoms with E-state index in [1.54, 1.807) is 4.90 Å². The van der Waals surface area contributed by atoms with Crippen LogP contribution < -0.4 is 5.32 Å². The highest BCUT2D eigenvalue weighted by Gasteiger charge is 2.25. The Morgan fingerprint density at radius 3 is 2.54 bits per heavy atom. The summed E-state index contributed by atoms with van der Waals surface area (Å²) >= 11 is 0. The van der Waals surface area contributed by atoms with Crippen LogP contribution in [0.2, 0.25) is 0 Å². The summed E-state index contributed by atoms with van der Waals surface area (Å²) in [5, 5.41) is 2.94. The van der Waals surface area contributed by atoms with Crippen LogP contribution in [-0.2, 0) is 9.59 Å². The minimum atomic E-state index is -0.0737. The van der Waals surface area contributed by atoms with Gasteiger partial charge in [-0.1, -0.05) is 25.1 Å². The Bertz CT molecular complexity index is 569. The summed E-state index contributed by atoms with van der Waals surface area (Å²) < 4.78 is 0. The zero-order chi connectivity index (χ0) is 17.5. The lowest BCUT2D eigenvalue weighted by atomic mass is 10.2. The maximum atomic E-state index is 12.3. The van der Waals surface area contributed by atoms with Gasteiger partial charge in [0, 0.05) is 19.3 Å². The molecule has 0 saturated heterocycles. The summed E-state index contributed by atoms with van der Waals surface area (Å²) in [6.07, 6.45) is 3.38. The number of nitrogens with one attached hydrogen (secondary N) is 1. The van der Waals surface area contributed by atoms with Gasteiger partial charge in [0.2, 0.25) is 11.8 Å². The van der Waals surface area contributed by atoms with Gasteiger partial charge in [-0.05, 0) is 50.3 Å². The third-order valence-corrected chi connectivity index (χ3v) is 4.34. The molecule has 1 saturated carbocycles. The number of aryl methyl sites for hydroxylation is 1. The fourth-order valence-corrected chi connectivity index (χ4v) is 2.74. The smallest absolute Gasteiger partial charge is 0.238 e. The summed E-state index contributed by atoms with van der Waals surface area (Å²) in [7, 11) is 1.86. The Hall–Kier alpha value is -1.88. The quantitative estimate of drug-likeness (QED) is 0.756. The number of para-hydroxylation sites is 1. The van der Waals surface area contributed by atoms with Gasteiger partial charge >= 0.3 is 0 Å². The zero-order valence-electron chi connectivity index (χ0n) is 15.0. The van der Waals surface area contributed by atoms with Crippen molar-refractivity contribution in [2.24, 2.45) is 5.92 Å². The molecule has 132 valence electrons. The van der Waals surface area contributed by atoms with Crippen molar-refractivity contribution in [3.63, 3.8) is 0 Å². The number of nitrogens with zero attached hydrogens (tertiary/aromatic N) is 2. The molecule has 24 heavy (non-hydrogen) atoms. The van der Waals surface area contributed by atoms with Crippen LogP contribution in [0.15, 0.2) is 24.3 Å². The number of carbonyl (C=O) groups is 2. The van der Waals surface area contributed by atoms with E-state index in [0.29, 0.717) is 12.5 Å². The molecule has 0 radical (unpaired) electrons. The number of carbonyl (C=O) groups excluding carboxylic acids is 2. The first-order valence-electron chi connectivity index (χ1n) is 8.81. The fraction of sp³-hybridized carbons (Fsp3) is 0.579. The van der Waals surface area contributed by atoms with Crippen LogP contribution in [0.4, 0.5) is 5.69 Å². The monoisotopic (exact) mass is 331 g/mol. The largest absolute Gasteiger partial charge is 0.344 e. The number of hydrogen-bond acceptors (Lipinski definition) is 3. The van der Waals surface area contributed by atoms with Gasteiger partial charge in [-0.2, -0.15) is 0 Å². The van der Waals surface area contributed by atoms with Gasteiger partial charge < -0.3 is 10.2 Å². The molecular formula is C19H29N3O2. The number of benzene rings is 1. The van der Waals surface area contributed by atoms with Gasteiger partial charge in [-0.25, -0.2) is 0 Å². The molecule has 2 amide bonds. The third-order valence-electron chi connectivity index (χ3n) is 4.34. The molecule has 0 aliphatic heterocycles. The standard InChI is InChI=1S/C19H29N3O2/c1-4-11-22(14-19(24)21(3)12-16-9-10-16)13-18(23)20-17-8-6-5-7-15(17)2/h5-8,16H,4,9-14H2,1-3H3,(H,20,23). The van der Waals surface area contributed by atoms with Gasteiger partial charge in [0.25, 0.3) is 0 Å². The van der Waals surface area contributed by atoms with Crippen molar-refractivity contribution in [1.82, 2.24) is 9.80 Å². The first-order valence-corrected chi connectivity index (χ1v) is 8.81. The molecule has 1 aliphatic rings.